The third kappa shape index (κ3) is 3.74. The first-order valence-corrected chi connectivity index (χ1v) is 12.2. The Morgan fingerprint density at radius 2 is 1.05 bits per heavy atom. The largest absolute Gasteiger partial charge is 0.453 e. The van der Waals surface area contributed by atoms with Crippen molar-refractivity contribution in [3.05, 3.63) is 133 Å². The highest BCUT2D eigenvalue weighted by atomic mass is 16.5. The Kier molecular flexibility index (Phi) is 5.03. The van der Waals surface area contributed by atoms with E-state index in [1.807, 2.05) is 102 Å². The molecule has 0 spiro atoms. The molecule has 1 aliphatic heterocycles. The highest BCUT2D eigenvalue weighted by Gasteiger charge is 2.25. The van der Waals surface area contributed by atoms with E-state index in [1.165, 1.54) is 0 Å². The van der Waals surface area contributed by atoms with Gasteiger partial charge in [0.05, 0.1) is 17.1 Å². The lowest BCUT2D eigenvalue weighted by Gasteiger charge is -2.32. The van der Waals surface area contributed by atoms with Crippen molar-refractivity contribution in [2.45, 2.75) is 0 Å². The molecular weight excluding hydrogens is 456 g/mol. The van der Waals surface area contributed by atoms with Gasteiger partial charge in [0.2, 0.25) is 0 Å². The van der Waals surface area contributed by atoms with Gasteiger partial charge < -0.3 is 9.64 Å². The van der Waals surface area contributed by atoms with Gasteiger partial charge in [0.15, 0.2) is 23.1 Å². The fourth-order valence-corrected chi connectivity index (χ4v) is 4.70. The Balaban J connectivity index is 1.33. The lowest BCUT2D eigenvalue weighted by Crippen LogP contribution is -2.15. The normalized spacial score (nSPS) is 11.9. The van der Waals surface area contributed by atoms with Crippen molar-refractivity contribution in [1.82, 2.24) is 14.8 Å². The van der Waals surface area contributed by atoms with Gasteiger partial charge in [-0.2, -0.15) is 0 Å². The average Bonchev–Trinajstić information content (AvgIpc) is 3.43. The topological polar surface area (TPSA) is 43.2 Å². The predicted octanol–water partition coefficient (Wildman–Crippen LogP) is 8.18. The molecule has 1 aliphatic rings. The second-order valence-corrected chi connectivity index (χ2v) is 8.79. The van der Waals surface area contributed by atoms with Crippen molar-refractivity contribution in [1.29, 1.82) is 0 Å². The number of benzene rings is 5. The molecule has 0 aliphatic carbocycles. The van der Waals surface area contributed by atoms with Gasteiger partial charge in [0, 0.05) is 16.8 Å². The van der Waals surface area contributed by atoms with Crippen LogP contribution in [0, 0.1) is 0 Å². The van der Waals surface area contributed by atoms with Crippen LogP contribution in [0.25, 0.3) is 28.5 Å². The molecule has 7 rings (SSSR count). The van der Waals surface area contributed by atoms with Crippen molar-refractivity contribution >= 4 is 17.1 Å². The summed E-state index contributed by atoms with van der Waals surface area (Å²) < 4.78 is 8.08. The molecule has 5 aromatic carbocycles. The Morgan fingerprint density at radius 3 is 1.70 bits per heavy atom. The Hall–Kier alpha value is -5.16. The van der Waals surface area contributed by atoms with Gasteiger partial charge in [-0.25, -0.2) is 9.67 Å². The summed E-state index contributed by atoms with van der Waals surface area (Å²) >= 11 is 0. The fourth-order valence-electron chi connectivity index (χ4n) is 4.70. The van der Waals surface area contributed by atoms with Crippen LogP contribution in [0.2, 0.25) is 0 Å². The number of hydrogen-bond donors (Lipinski definition) is 0. The maximum absolute atomic E-state index is 6.17. The molecule has 0 unspecified atom stereocenters. The Bertz CT molecular complexity index is 1650. The zero-order chi connectivity index (χ0) is 24.6. The van der Waals surface area contributed by atoms with Crippen LogP contribution in [0.5, 0.6) is 11.5 Å². The van der Waals surface area contributed by atoms with Crippen LogP contribution in [0.4, 0.5) is 17.1 Å². The van der Waals surface area contributed by atoms with Gasteiger partial charge in [-0.3, -0.25) is 0 Å². The minimum atomic E-state index is 0.694. The summed E-state index contributed by atoms with van der Waals surface area (Å²) in [6, 6.07) is 44.9. The molecule has 0 saturated carbocycles. The molecule has 0 atom stereocenters. The summed E-state index contributed by atoms with van der Waals surface area (Å²) in [6.45, 7) is 0. The lowest BCUT2D eigenvalue weighted by atomic mass is 10.1. The number of para-hydroxylation sites is 5. The second-order valence-electron chi connectivity index (χ2n) is 8.79. The summed E-state index contributed by atoms with van der Waals surface area (Å²) in [5.41, 5.74) is 5.99. The zero-order valence-electron chi connectivity index (χ0n) is 19.9. The van der Waals surface area contributed by atoms with Crippen LogP contribution in [0.3, 0.4) is 0 Å². The molecule has 37 heavy (non-hydrogen) atoms. The van der Waals surface area contributed by atoms with Gasteiger partial charge in [0.1, 0.15) is 0 Å². The summed E-state index contributed by atoms with van der Waals surface area (Å²) in [7, 11) is 0. The average molecular weight is 479 g/mol. The van der Waals surface area contributed by atoms with Gasteiger partial charge in [-0.1, -0.05) is 72.8 Å². The maximum atomic E-state index is 6.17. The van der Waals surface area contributed by atoms with Gasteiger partial charge in [-0.05, 0) is 60.7 Å². The summed E-state index contributed by atoms with van der Waals surface area (Å²) in [6.07, 6.45) is 0. The predicted molar refractivity (Wildman–Crippen MR) is 147 cm³/mol. The Labute approximate surface area is 214 Å². The molecule has 2 heterocycles. The first-order chi connectivity index (χ1) is 18.3. The molecule has 5 nitrogen and oxygen atoms in total. The molecule has 5 heteroatoms. The van der Waals surface area contributed by atoms with Gasteiger partial charge >= 0.3 is 0 Å². The monoisotopic (exact) mass is 478 g/mol. The molecule has 0 amide bonds. The van der Waals surface area contributed by atoms with Gasteiger partial charge in [0.25, 0.3) is 0 Å². The molecule has 0 saturated heterocycles. The van der Waals surface area contributed by atoms with Crippen LogP contribution in [0.1, 0.15) is 0 Å². The summed E-state index contributed by atoms with van der Waals surface area (Å²) in [5.74, 6) is 3.15. The third-order valence-electron chi connectivity index (χ3n) is 6.46. The number of hydrogen-bond acceptors (Lipinski definition) is 4. The molecule has 0 fully saturated rings. The molecule has 0 radical (unpaired) electrons. The van der Waals surface area contributed by atoms with Crippen LogP contribution in [-0.4, -0.2) is 14.8 Å². The number of fused-ring (bicyclic) bond motifs is 2. The zero-order valence-corrected chi connectivity index (χ0v) is 19.9. The maximum Gasteiger partial charge on any atom is 0.182 e. The van der Waals surface area contributed by atoms with E-state index in [-0.39, 0.29) is 0 Å². The Morgan fingerprint density at radius 1 is 0.486 bits per heavy atom. The van der Waals surface area contributed by atoms with Crippen molar-refractivity contribution in [2.24, 2.45) is 0 Å². The first kappa shape index (κ1) is 21.1. The molecule has 176 valence electrons. The minimum Gasteiger partial charge on any atom is -0.453 e. The number of anilines is 3. The number of aromatic nitrogens is 3. The van der Waals surface area contributed by atoms with Crippen molar-refractivity contribution < 1.29 is 4.74 Å². The fraction of sp³-hybridized carbons (Fsp3) is 0. The molecule has 0 bridgehead atoms. The highest BCUT2D eigenvalue weighted by molar-refractivity contribution is 5.86. The highest BCUT2D eigenvalue weighted by Crippen LogP contribution is 2.50. The van der Waals surface area contributed by atoms with E-state index in [0.717, 1.165) is 51.2 Å². The van der Waals surface area contributed by atoms with E-state index in [4.69, 9.17) is 14.8 Å². The molecular formula is C32H22N4O. The van der Waals surface area contributed by atoms with E-state index in [2.05, 4.69) is 41.3 Å². The first-order valence-electron chi connectivity index (χ1n) is 12.2. The van der Waals surface area contributed by atoms with Crippen molar-refractivity contribution in [3.63, 3.8) is 0 Å². The molecule has 1 aromatic heterocycles. The van der Waals surface area contributed by atoms with E-state index in [0.29, 0.717) is 5.82 Å². The number of rotatable bonds is 4. The van der Waals surface area contributed by atoms with Gasteiger partial charge in [-0.15, -0.1) is 5.10 Å². The standard InChI is InChI=1S/C32H22N4O/c1-3-11-23(12-4-1)31-33-32(36(34-31)26-13-5-2-6-14-26)24-19-21-25(22-20-24)35-27-15-7-9-17-29(27)37-30-18-10-8-16-28(30)35/h1-22H. The van der Waals surface area contributed by atoms with E-state index in [1.54, 1.807) is 0 Å². The van der Waals surface area contributed by atoms with E-state index >= 15 is 0 Å². The minimum absolute atomic E-state index is 0.694. The van der Waals surface area contributed by atoms with Crippen LogP contribution >= 0.6 is 0 Å². The van der Waals surface area contributed by atoms with E-state index < -0.39 is 0 Å². The van der Waals surface area contributed by atoms with Crippen molar-refractivity contribution in [3.8, 4) is 40.0 Å². The smallest absolute Gasteiger partial charge is 0.182 e. The second kappa shape index (κ2) is 8.81. The lowest BCUT2D eigenvalue weighted by molar-refractivity contribution is 0.477. The van der Waals surface area contributed by atoms with E-state index in [9.17, 15) is 0 Å². The quantitative estimate of drug-likeness (QED) is 0.256. The van der Waals surface area contributed by atoms with Crippen LogP contribution < -0.4 is 9.64 Å². The molecule has 0 N–H and O–H groups in total. The molecule has 6 aromatic rings. The summed E-state index contributed by atoms with van der Waals surface area (Å²) in [4.78, 5) is 7.19. The van der Waals surface area contributed by atoms with Crippen molar-refractivity contribution in [2.75, 3.05) is 4.90 Å². The van der Waals surface area contributed by atoms with Crippen LogP contribution in [-0.2, 0) is 0 Å². The summed E-state index contributed by atoms with van der Waals surface area (Å²) in [5, 5.41) is 4.88. The number of nitrogens with zero attached hydrogens (tertiary/aromatic N) is 4. The SMILES string of the molecule is c1ccc(-c2nc(-c3ccc(N4c5ccccc5Oc5ccccc54)cc3)n(-c3ccccc3)n2)cc1. The third-order valence-corrected chi connectivity index (χ3v) is 6.46. The van der Waals surface area contributed by atoms with Crippen LogP contribution in [0.15, 0.2) is 133 Å². The number of ether oxygens (including phenoxy) is 1.